The van der Waals surface area contributed by atoms with Crippen LogP contribution in [0.2, 0.25) is 0 Å². The predicted molar refractivity (Wildman–Crippen MR) is 340 cm³/mol. The van der Waals surface area contributed by atoms with E-state index in [1.165, 1.54) is 0 Å². The molecule has 17 heteroatoms. The number of carbonyl (C=O) groups is 2. The highest BCUT2D eigenvalue weighted by Gasteiger charge is 2.61. The van der Waals surface area contributed by atoms with E-state index < -0.39 is 104 Å². The highest BCUT2D eigenvalue weighted by Crippen LogP contribution is 2.42. The molecule has 92 heavy (non-hydrogen) atoms. The number of carbonyl (C=O) groups excluding carboxylic acids is 2. The molecule has 17 nitrogen and oxygen atoms in total. The molecule has 0 radical (unpaired) electrons. The number of hydrogen-bond donors (Lipinski definition) is 1. The Morgan fingerprint density at radius 2 is 0.848 bits per heavy atom. The number of rotatable bonds is 27. The Balaban J connectivity index is 1.03. The van der Waals surface area contributed by atoms with Gasteiger partial charge in [0.2, 0.25) is 0 Å². The highest BCUT2D eigenvalue weighted by molar-refractivity contribution is 5.90. The van der Waals surface area contributed by atoms with E-state index in [1.807, 2.05) is 166 Å². The summed E-state index contributed by atoms with van der Waals surface area (Å²) in [7, 11) is 1.60. The van der Waals surface area contributed by atoms with Crippen LogP contribution in [-0.4, -0.2) is 128 Å². The van der Waals surface area contributed by atoms with Crippen molar-refractivity contribution in [2.45, 2.75) is 184 Å². The van der Waals surface area contributed by atoms with Crippen LogP contribution in [0.3, 0.4) is 0 Å². The van der Waals surface area contributed by atoms with Gasteiger partial charge in [0.25, 0.3) is 0 Å². The topological polar surface area (TPSA) is 184 Å². The first-order valence-electron chi connectivity index (χ1n) is 32.0. The molecule has 4 aliphatic rings. The average molecular weight is 1260 g/mol. The Bertz CT molecular complexity index is 3310. The van der Waals surface area contributed by atoms with E-state index in [9.17, 15) is 14.7 Å². The molecule has 4 fully saturated rings. The number of hydrogen-bond acceptors (Lipinski definition) is 17. The fourth-order valence-corrected chi connectivity index (χ4v) is 12.4. The number of benzene rings is 7. The van der Waals surface area contributed by atoms with Gasteiger partial charge in [0.1, 0.15) is 54.1 Å². The van der Waals surface area contributed by atoms with Crippen molar-refractivity contribution in [1.82, 2.24) is 0 Å². The number of aliphatic hydroxyl groups is 1. The van der Waals surface area contributed by atoms with Crippen molar-refractivity contribution in [2.24, 2.45) is 0 Å². The molecule has 3 saturated heterocycles. The Kier molecular flexibility index (Phi) is 23.5. The molecule has 7 aromatic rings. The van der Waals surface area contributed by atoms with Crippen molar-refractivity contribution in [1.29, 1.82) is 0 Å². The van der Waals surface area contributed by atoms with Gasteiger partial charge < -0.3 is 71.4 Å². The van der Waals surface area contributed by atoms with E-state index in [0.29, 0.717) is 5.75 Å². The van der Waals surface area contributed by atoms with Crippen LogP contribution in [0.15, 0.2) is 206 Å². The van der Waals surface area contributed by atoms with Crippen molar-refractivity contribution >= 4 is 11.9 Å². The lowest BCUT2D eigenvalue weighted by atomic mass is 9.85. The van der Waals surface area contributed by atoms with Crippen molar-refractivity contribution in [3.63, 3.8) is 0 Å². The zero-order valence-corrected chi connectivity index (χ0v) is 52.5. The lowest BCUT2D eigenvalue weighted by molar-refractivity contribution is -0.407. The van der Waals surface area contributed by atoms with E-state index in [2.05, 4.69) is 0 Å². The standard InChI is InChI=1S/C75H84O17/c1-50-62(81-45-53-28-14-6-15-29-53)64(83-47-56-40-42-59(79-4)43-41-56)66(89-70(76)57-34-20-9-21-35-57)73(86-50)92-69-74(88-61(49-80-44-52-26-12-5-13-27-52)68(75(69,3)78)84-48-55-32-18-8-19-33-55)91-65-63(82-46-54-30-16-7-17-31-54)51(2)85-72(87-60-38-24-11-25-39-60)67(65)90-71(77)58-36-22-10-23-37-58/h5-10,12-23,26-37,40-43,50-51,60-69,72-74,78H,11,24-25,38-39,44-49H2,1-4H3/t50-,51+,61-,62-,63+,64+,65-,66+,67-,68-,69-,72+,73-,74-,75+/m1/s1. The zero-order valence-electron chi connectivity index (χ0n) is 52.5. The summed E-state index contributed by atoms with van der Waals surface area (Å²) in [5.41, 5.74) is 2.68. The minimum Gasteiger partial charge on any atom is -0.497 e. The smallest absolute Gasteiger partial charge is 0.338 e. The second kappa shape index (κ2) is 32.6. The normalized spacial score (nSPS) is 28.4. The van der Waals surface area contributed by atoms with E-state index in [-0.39, 0.29) is 56.9 Å². The van der Waals surface area contributed by atoms with Crippen molar-refractivity contribution < 1.29 is 81.0 Å². The summed E-state index contributed by atoms with van der Waals surface area (Å²) in [5, 5.41) is 14.0. The van der Waals surface area contributed by atoms with Crippen molar-refractivity contribution in [3.05, 3.63) is 245 Å². The first-order chi connectivity index (χ1) is 45.0. The van der Waals surface area contributed by atoms with Crippen LogP contribution in [-0.2, 0) is 94.6 Å². The second-order valence-corrected chi connectivity index (χ2v) is 24.1. The van der Waals surface area contributed by atoms with Gasteiger partial charge in [-0.1, -0.05) is 189 Å². The summed E-state index contributed by atoms with van der Waals surface area (Å²) in [4.78, 5) is 29.4. The zero-order chi connectivity index (χ0) is 63.7. The molecule has 11 rings (SSSR count). The molecule has 1 aliphatic carbocycles. The van der Waals surface area contributed by atoms with Crippen LogP contribution >= 0.6 is 0 Å². The minimum absolute atomic E-state index is 0.0359. The first-order valence-corrected chi connectivity index (χ1v) is 32.0. The summed E-state index contributed by atoms with van der Waals surface area (Å²) in [6.45, 7) is 5.71. The Morgan fingerprint density at radius 3 is 1.34 bits per heavy atom. The molecule has 15 atom stereocenters. The molecule has 3 aliphatic heterocycles. The highest BCUT2D eigenvalue weighted by atomic mass is 16.8. The van der Waals surface area contributed by atoms with Crippen molar-refractivity contribution in [3.8, 4) is 5.75 Å². The minimum atomic E-state index is -2.11. The van der Waals surface area contributed by atoms with Crippen LogP contribution in [0.25, 0.3) is 0 Å². The lowest BCUT2D eigenvalue weighted by Crippen LogP contribution is -2.71. The molecule has 7 aromatic carbocycles. The van der Waals surface area contributed by atoms with E-state index in [4.69, 9.17) is 66.3 Å². The SMILES string of the molecule is COc1ccc(CO[C@@H]2[C@H](OC(=O)c3ccccc3)[C@@H](O[C@@H]3[C@@H](O[C@@H]4[C@@H](OCc5ccccc5)[C@H](C)O[C@@H](OC5CCCCC5)[C@@H]4OC(=O)c4ccccc4)O[C@H](COCc4ccccc4)[C@@H](OCc4ccccc4)[C@]3(C)O)O[C@H](C)[C@H]2OCc2ccccc2)cc1. The Hall–Kier alpha value is -7.20. The van der Waals surface area contributed by atoms with E-state index in [1.54, 1.807) is 68.6 Å². The molecule has 0 bridgehead atoms. The molecular formula is C75H84O17. The predicted octanol–water partition coefficient (Wildman–Crippen LogP) is 12.1. The molecule has 486 valence electrons. The van der Waals surface area contributed by atoms with Gasteiger partial charge in [0.15, 0.2) is 31.1 Å². The quantitative estimate of drug-likeness (QED) is 0.0479. The largest absolute Gasteiger partial charge is 0.497 e. The van der Waals surface area contributed by atoms with Gasteiger partial charge in [-0.15, -0.1) is 0 Å². The van der Waals surface area contributed by atoms with Gasteiger partial charge in [-0.2, -0.15) is 0 Å². The monoisotopic (exact) mass is 1260 g/mol. The molecular weight excluding hydrogens is 1170 g/mol. The van der Waals surface area contributed by atoms with Gasteiger partial charge in [-0.3, -0.25) is 0 Å². The summed E-state index contributed by atoms with van der Waals surface area (Å²) < 4.78 is 95.9. The van der Waals surface area contributed by atoms with Gasteiger partial charge in [0.05, 0.1) is 76.2 Å². The second-order valence-electron chi connectivity index (χ2n) is 24.1. The average Bonchev–Trinajstić information content (AvgIpc) is 0.789. The van der Waals surface area contributed by atoms with Crippen LogP contribution < -0.4 is 4.74 Å². The maximum Gasteiger partial charge on any atom is 0.338 e. The number of ether oxygens (including phenoxy) is 14. The van der Waals surface area contributed by atoms with E-state index in [0.717, 1.165) is 59.9 Å². The summed E-state index contributed by atoms with van der Waals surface area (Å²) in [6.07, 6.45) is -12.5. The fraction of sp³-hybridized carbons (Fsp3) is 0.413. The molecule has 0 unspecified atom stereocenters. The third-order valence-electron chi connectivity index (χ3n) is 17.3. The Labute approximate surface area is 539 Å². The van der Waals surface area contributed by atoms with Gasteiger partial charge in [-0.25, -0.2) is 9.59 Å². The fourth-order valence-electron chi connectivity index (χ4n) is 12.4. The van der Waals surface area contributed by atoms with Crippen LogP contribution in [0.4, 0.5) is 0 Å². The molecule has 0 amide bonds. The molecule has 3 heterocycles. The third kappa shape index (κ3) is 17.3. The van der Waals surface area contributed by atoms with Gasteiger partial charge in [-0.05, 0) is 97.8 Å². The third-order valence-corrected chi connectivity index (χ3v) is 17.3. The van der Waals surface area contributed by atoms with Crippen LogP contribution in [0, 0.1) is 0 Å². The first kappa shape index (κ1) is 66.3. The summed E-state index contributed by atoms with van der Waals surface area (Å²) >= 11 is 0. The maximum absolute atomic E-state index is 14.8. The molecule has 0 aromatic heterocycles. The number of methoxy groups -OCH3 is 1. The van der Waals surface area contributed by atoms with E-state index >= 15 is 0 Å². The van der Waals surface area contributed by atoms with Crippen molar-refractivity contribution in [2.75, 3.05) is 13.7 Å². The van der Waals surface area contributed by atoms with Gasteiger partial charge in [0, 0.05) is 0 Å². The molecule has 0 spiro atoms. The lowest BCUT2D eigenvalue weighted by Gasteiger charge is -2.54. The summed E-state index contributed by atoms with van der Waals surface area (Å²) in [5.74, 6) is -0.708. The van der Waals surface area contributed by atoms with Crippen LogP contribution in [0.1, 0.15) is 101 Å². The van der Waals surface area contributed by atoms with Gasteiger partial charge >= 0.3 is 11.9 Å². The molecule has 1 saturated carbocycles. The molecule has 1 N–H and O–H groups in total. The summed E-state index contributed by atoms with van der Waals surface area (Å²) in [6, 6.07) is 63.3. The van der Waals surface area contributed by atoms with Crippen LogP contribution in [0.5, 0.6) is 5.75 Å². The Morgan fingerprint density at radius 1 is 0.435 bits per heavy atom. The number of esters is 2. The maximum atomic E-state index is 14.8.